The second-order valence-corrected chi connectivity index (χ2v) is 6.04. The van der Waals surface area contributed by atoms with Gasteiger partial charge in [-0.15, -0.1) is 24.8 Å². The maximum Gasteiger partial charge on any atom is 0.241 e. The van der Waals surface area contributed by atoms with E-state index in [1.54, 1.807) is 30.2 Å². The lowest BCUT2D eigenvalue weighted by atomic mass is 10.1. The predicted octanol–water partition coefficient (Wildman–Crippen LogP) is 3.63. The number of methoxy groups -OCH3 is 1. The maximum absolute atomic E-state index is 12.5. The normalized spacial score (nSPS) is 9.59. The van der Waals surface area contributed by atoms with E-state index in [2.05, 4.69) is 17.4 Å². The summed E-state index contributed by atoms with van der Waals surface area (Å²) in [4.78, 5) is 14.3. The van der Waals surface area contributed by atoms with E-state index in [1.807, 2.05) is 18.2 Å². The Morgan fingerprint density at radius 1 is 1.15 bits per heavy atom. The van der Waals surface area contributed by atoms with Gasteiger partial charge in [0.05, 0.1) is 19.3 Å². The molecule has 0 saturated carbocycles. The summed E-state index contributed by atoms with van der Waals surface area (Å²) in [6, 6.07) is 15.3. The zero-order valence-electron chi connectivity index (χ0n) is 15.2. The van der Waals surface area contributed by atoms with Gasteiger partial charge in [-0.25, -0.2) is 0 Å². The van der Waals surface area contributed by atoms with E-state index < -0.39 is 0 Å². The monoisotopic (exact) mass is 433 g/mol. The van der Waals surface area contributed by atoms with Crippen LogP contribution in [-0.4, -0.2) is 44.1 Å². The van der Waals surface area contributed by atoms with Crippen LogP contribution in [0.4, 0.5) is 5.69 Å². The predicted molar refractivity (Wildman–Crippen MR) is 117 cm³/mol. The van der Waals surface area contributed by atoms with E-state index in [0.29, 0.717) is 36.1 Å². The summed E-state index contributed by atoms with van der Waals surface area (Å²) >= 11 is 6.01. The number of nitrogens with two attached hydrogens (primary N) is 1. The number of hydrogen-bond acceptors (Lipinski definition) is 4. The molecule has 2 aromatic carbocycles. The van der Waals surface area contributed by atoms with Crippen LogP contribution in [0.3, 0.4) is 0 Å². The fourth-order valence-electron chi connectivity index (χ4n) is 2.53. The molecule has 0 saturated heterocycles. The molecule has 27 heavy (non-hydrogen) atoms. The highest BCUT2D eigenvalue weighted by atomic mass is 35.5. The van der Waals surface area contributed by atoms with E-state index in [-0.39, 0.29) is 37.3 Å². The van der Waals surface area contributed by atoms with Gasteiger partial charge in [0.15, 0.2) is 0 Å². The van der Waals surface area contributed by atoms with Gasteiger partial charge in [-0.1, -0.05) is 41.9 Å². The van der Waals surface area contributed by atoms with Crippen LogP contribution in [0.1, 0.15) is 5.56 Å². The summed E-state index contributed by atoms with van der Waals surface area (Å²) in [5.41, 5.74) is 7.55. The number of rotatable bonds is 9. The first-order chi connectivity index (χ1) is 12.1. The molecule has 8 heteroatoms. The molecule has 5 nitrogen and oxygen atoms in total. The highest BCUT2D eigenvalue weighted by Crippen LogP contribution is 2.27. The Labute approximate surface area is 178 Å². The maximum atomic E-state index is 12.5. The number of anilines is 1. The van der Waals surface area contributed by atoms with Crippen molar-refractivity contribution in [2.45, 2.75) is 6.42 Å². The van der Waals surface area contributed by atoms with E-state index in [9.17, 15) is 4.79 Å². The number of amides is 1. The molecule has 3 N–H and O–H groups in total. The number of carbonyl (C=O) groups is 1. The molecule has 0 bridgehead atoms. The molecular formula is C19H26Cl3N3O2. The van der Waals surface area contributed by atoms with Crippen molar-refractivity contribution in [3.63, 3.8) is 0 Å². The van der Waals surface area contributed by atoms with Crippen molar-refractivity contribution >= 4 is 48.0 Å². The van der Waals surface area contributed by atoms with Gasteiger partial charge in [-0.3, -0.25) is 4.79 Å². The van der Waals surface area contributed by atoms with E-state index in [1.165, 1.54) is 5.56 Å². The zero-order valence-corrected chi connectivity index (χ0v) is 17.6. The fraction of sp³-hybridized carbons (Fsp3) is 0.316. The van der Waals surface area contributed by atoms with Crippen molar-refractivity contribution in [3.8, 4) is 5.75 Å². The van der Waals surface area contributed by atoms with Crippen molar-refractivity contribution in [1.29, 1.82) is 0 Å². The quantitative estimate of drug-likeness (QED) is 0.632. The molecule has 0 atom stereocenters. The summed E-state index contributed by atoms with van der Waals surface area (Å²) in [6.45, 7) is 1.75. The number of nitrogens with zero attached hydrogens (tertiary/aromatic N) is 1. The SMILES string of the molecule is COc1ccc(Cl)cc1NCC(=O)N(CCN)CCc1ccccc1.Cl.Cl. The summed E-state index contributed by atoms with van der Waals surface area (Å²) in [7, 11) is 1.58. The minimum atomic E-state index is -0.0107. The number of carbonyl (C=O) groups excluding carboxylic acids is 1. The Kier molecular flexibility index (Phi) is 12.7. The number of nitrogens with one attached hydrogen (secondary N) is 1. The third-order valence-electron chi connectivity index (χ3n) is 3.86. The van der Waals surface area contributed by atoms with E-state index >= 15 is 0 Å². The largest absolute Gasteiger partial charge is 0.495 e. The minimum Gasteiger partial charge on any atom is -0.495 e. The summed E-state index contributed by atoms with van der Waals surface area (Å²) in [5, 5.41) is 3.68. The van der Waals surface area contributed by atoms with Crippen molar-refractivity contribution < 1.29 is 9.53 Å². The molecule has 1 amide bonds. The molecule has 0 aliphatic rings. The van der Waals surface area contributed by atoms with Gasteiger partial charge >= 0.3 is 0 Å². The zero-order chi connectivity index (χ0) is 18.1. The minimum absolute atomic E-state index is 0. The topological polar surface area (TPSA) is 67.6 Å². The van der Waals surface area contributed by atoms with Gasteiger partial charge in [0.25, 0.3) is 0 Å². The van der Waals surface area contributed by atoms with Gasteiger partial charge in [0, 0.05) is 24.7 Å². The van der Waals surface area contributed by atoms with Crippen LogP contribution in [0.25, 0.3) is 0 Å². The Morgan fingerprint density at radius 3 is 2.48 bits per heavy atom. The van der Waals surface area contributed by atoms with Gasteiger partial charge in [-0.05, 0) is 30.2 Å². The third kappa shape index (κ3) is 8.26. The standard InChI is InChI=1S/C19H24ClN3O2.2ClH/c1-25-18-8-7-16(20)13-17(18)22-14-19(24)23(12-10-21)11-9-15-5-3-2-4-6-15;;/h2-8,13,22H,9-12,14,21H2,1H3;2*1H. The second kappa shape index (κ2) is 13.5. The lowest BCUT2D eigenvalue weighted by Gasteiger charge is -2.23. The number of ether oxygens (including phenoxy) is 1. The summed E-state index contributed by atoms with van der Waals surface area (Å²) in [5.74, 6) is 0.635. The molecule has 0 aromatic heterocycles. The Balaban J connectivity index is 0.00000338. The molecule has 0 aliphatic carbocycles. The average molecular weight is 435 g/mol. The first kappa shape index (κ1) is 25.3. The second-order valence-electron chi connectivity index (χ2n) is 5.60. The summed E-state index contributed by atoms with van der Waals surface area (Å²) in [6.07, 6.45) is 0.799. The first-order valence-electron chi connectivity index (χ1n) is 8.23. The van der Waals surface area contributed by atoms with E-state index in [0.717, 1.165) is 6.42 Å². The van der Waals surface area contributed by atoms with Gasteiger partial charge in [0.2, 0.25) is 5.91 Å². The molecule has 0 fully saturated rings. The molecule has 0 unspecified atom stereocenters. The fourth-order valence-corrected chi connectivity index (χ4v) is 2.70. The van der Waals surface area contributed by atoms with Gasteiger partial charge in [-0.2, -0.15) is 0 Å². The molecule has 0 spiro atoms. The van der Waals surface area contributed by atoms with Crippen molar-refractivity contribution in [3.05, 3.63) is 59.1 Å². The Hall–Kier alpha value is -1.66. The van der Waals surface area contributed by atoms with Crippen LogP contribution in [0.2, 0.25) is 5.02 Å². The molecule has 2 aromatic rings. The van der Waals surface area contributed by atoms with E-state index in [4.69, 9.17) is 22.1 Å². The van der Waals surface area contributed by atoms with Crippen molar-refractivity contribution in [2.75, 3.05) is 38.6 Å². The van der Waals surface area contributed by atoms with Crippen LogP contribution in [0.5, 0.6) is 5.75 Å². The lowest BCUT2D eigenvalue weighted by Crippen LogP contribution is -2.40. The Morgan fingerprint density at radius 2 is 1.85 bits per heavy atom. The van der Waals surface area contributed by atoms with Crippen LogP contribution >= 0.6 is 36.4 Å². The highest BCUT2D eigenvalue weighted by molar-refractivity contribution is 6.30. The molecular weight excluding hydrogens is 409 g/mol. The molecule has 0 aliphatic heterocycles. The molecule has 0 heterocycles. The van der Waals surface area contributed by atoms with Crippen molar-refractivity contribution in [1.82, 2.24) is 4.90 Å². The number of halogens is 3. The summed E-state index contributed by atoms with van der Waals surface area (Å²) < 4.78 is 5.28. The third-order valence-corrected chi connectivity index (χ3v) is 4.09. The Bertz CT molecular complexity index is 687. The van der Waals surface area contributed by atoms with Gasteiger partial charge < -0.3 is 20.7 Å². The van der Waals surface area contributed by atoms with Crippen LogP contribution in [0, 0.1) is 0 Å². The molecule has 150 valence electrons. The van der Waals surface area contributed by atoms with Crippen molar-refractivity contribution in [2.24, 2.45) is 5.73 Å². The molecule has 2 rings (SSSR count). The smallest absolute Gasteiger partial charge is 0.241 e. The number of benzene rings is 2. The molecule has 0 radical (unpaired) electrons. The highest BCUT2D eigenvalue weighted by Gasteiger charge is 2.13. The average Bonchev–Trinajstić information content (AvgIpc) is 2.64. The van der Waals surface area contributed by atoms with Crippen LogP contribution < -0.4 is 15.8 Å². The van der Waals surface area contributed by atoms with Crippen LogP contribution in [0.15, 0.2) is 48.5 Å². The number of hydrogen-bond donors (Lipinski definition) is 2. The van der Waals surface area contributed by atoms with Crippen LogP contribution in [-0.2, 0) is 11.2 Å². The van der Waals surface area contributed by atoms with Gasteiger partial charge in [0.1, 0.15) is 5.75 Å². The first-order valence-corrected chi connectivity index (χ1v) is 8.61. The lowest BCUT2D eigenvalue weighted by molar-refractivity contribution is -0.129.